The first kappa shape index (κ1) is 20.3. The van der Waals surface area contributed by atoms with Crippen molar-refractivity contribution in [1.29, 1.82) is 0 Å². The van der Waals surface area contributed by atoms with Crippen molar-refractivity contribution in [3.8, 4) is 0 Å². The molecule has 0 aliphatic carbocycles. The van der Waals surface area contributed by atoms with Crippen LogP contribution in [-0.4, -0.2) is 63.7 Å². The first-order valence-electron chi connectivity index (χ1n) is 6.47. The van der Waals surface area contributed by atoms with Crippen LogP contribution in [0.3, 0.4) is 0 Å². The minimum atomic E-state index is -1.54. The number of aliphatic hydroxyl groups excluding tert-OH is 4. The van der Waals surface area contributed by atoms with Gasteiger partial charge < -0.3 is 35.1 Å². The van der Waals surface area contributed by atoms with E-state index in [0.29, 0.717) is 5.69 Å². The number of rotatable bonds is 5. The maximum atomic E-state index is 10.6. The Morgan fingerprint density at radius 1 is 1.17 bits per heavy atom. The number of ether oxygens (including phenoxy) is 1. The molecule has 1 aliphatic rings. The number of nitrogens with one attached hydrogen (secondary N) is 1. The third-order valence-electron chi connectivity index (χ3n) is 3.26. The van der Waals surface area contributed by atoms with Crippen molar-refractivity contribution >= 4 is 11.7 Å². The zero-order valence-electron chi connectivity index (χ0n) is 12.3. The minimum Gasteiger partial charge on any atom is -0.545 e. The second-order valence-corrected chi connectivity index (χ2v) is 4.78. The molecule has 1 heterocycles. The van der Waals surface area contributed by atoms with Gasteiger partial charge >= 0.3 is 29.6 Å². The van der Waals surface area contributed by atoms with Gasteiger partial charge in [-0.3, -0.25) is 5.48 Å². The Kier molecular flexibility index (Phi) is 7.87. The van der Waals surface area contributed by atoms with Crippen LogP contribution in [-0.2, 0) is 9.57 Å². The number of carboxylic acids is 1. The number of anilines is 1. The van der Waals surface area contributed by atoms with Gasteiger partial charge in [0.1, 0.15) is 24.4 Å². The normalized spacial score (nSPS) is 30.3. The largest absolute Gasteiger partial charge is 1.00 e. The van der Waals surface area contributed by atoms with E-state index in [9.17, 15) is 25.2 Å². The summed E-state index contributed by atoms with van der Waals surface area (Å²) >= 11 is 0. The molecule has 10 heteroatoms. The zero-order valence-corrected chi connectivity index (χ0v) is 14.3. The van der Waals surface area contributed by atoms with Gasteiger partial charge in [0, 0.05) is 0 Å². The summed E-state index contributed by atoms with van der Waals surface area (Å²) in [7, 11) is 0. The molecular formula is C13H16NNaO8. The number of carbonyl (C=O) groups excluding carboxylic acids is 1. The average Bonchev–Trinajstić information content (AvgIpc) is 2.52. The molecule has 0 radical (unpaired) electrons. The quantitative estimate of drug-likeness (QED) is 0.261. The van der Waals surface area contributed by atoms with Crippen molar-refractivity contribution in [1.82, 2.24) is 0 Å². The van der Waals surface area contributed by atoms with Crippen LogP contribution >= 0.6 is 0 Å². The van der Waals surface area contributed by atoms with Crippen LogP contribution in [0.25, 0.3) is 0 Å². The van der Waals surface area contributed by atoms with E-state index in [-0.39, 0.29) is 35.1 Å². The third-order valence-corrected chi connectivity index (χ3v) is 3.26. The molecule has 1 aliphatic heterocycles. The minimum absolute atomic E-state index is 0. The fourth-order valence-corrected chi connectivity index (χ4v) is 1.97. The molecular weight excluding hydrogens is 321 g/mol. The van der Waals surface area contributed by atoms with Crippen molar-refractivity contribution in [3.63, 3.8) is 0 Å². The van der Waals surface area contributed by atoms with Crippen LogP contribution in [0, 0.1) is 0 Å². The number of aromatic carboxylic acids is 1. The maximum Gasteiger partial charge on any atom is 1.00 e. The Morgan fingerprint density at radius 3 is 2.30 bits per heavy atom. The van der Waals surface area contributed by atoms with Gasteiger partial charge in [0.05, 0.1) is 18.3 Å². The molecule has 1 aromatic rings. The first-order chi connectivity index (χ1) is 10.4. The van der Waals surface area contributed by atoms with Gasteiger partial charge in [-0.2, -0.15) is 0 Å². The van der Waals surface area contributed by atoms with Gasteiger partial charge in [0.15, 0.2) is 0 Å². The van der Waals surface area contributed by atoms with Crippen LogP contribution in [0.4, 0.5) is 5.69 Å². The van der Waals surface area contributed by atoms with Crippen LogP contribution in [0.15, 0.2) is 24.3 Å². The number of hydrogen-bond acceptors (Lipinski definition) is 9. The van der Waals surface area contributed by atoms with E-state index in [2.05, 4.69) is 5.48 Å². The Morgan fingerprint density at radius 2 is 1.78 bits per heavy atom. The topological polar surface area (TPSA) is 152 Å². The fourth-order valence-electron chi connectivity index (χ4n) is 1.97. The molecule has 1 unspecified atom stereocenters. The van der Waals surface area contributed by atoms with E-state index < -0.39 is 43.3 Å². The Hall–Kier alpha value is -0.750. The van der Waals surface area contributed by atoms with Gasteiger partial charge in [-0.25, -0.2) is 4.84 Å². The van der Waals surface area contributed by atoms with Crippen LogP contribution < -0.4 is 40.1 Å². The van der Waals surface area contributed by atoms with Crippen LogP contribution in [0.2, 0.25) is 0 Å². The molecule has 0 aromatic heterocycles. The van der Waals surface area contributed by atoms with Crippen LogP contribution in [0.5, 0.6) is 0 Å². The molecule has 122 valence electrons. The van der Waals surface area contributed by atoms with Crippen molar-refractivity contribution in [2.24, 2.45) is 0 Å². The Labute approximate surface area is 153 Å². The van der Waals surface area contributed by atoms with E-state index in [1.165, 1.54) is 24.3 Å². The molecule has 0 bridgehead atoms. The van der Waals surface area contributed by atoms with Gasteiger partial charge in [-0.15, -0.1) is 0 Å². The smallest absolute Gasteiger partial charge is 0.545 e. The van der Waals surface area contributed by atoms with E-state index in [1.54, 1.807) is 0 Å². The second kappa shape index (κ2) is 8.92. The molecule has 0 saturated carbocycles. The molecule has 23 heavy (non-hydrogen) atoms. The van der Waals surface area contributed by atoms with E-state index >= 15 is 0 Å². The predicted octanol–water partition coefficient (Wildman–Crippen LogP) is -5.80. The summed E-state index contributed by atoms with van der Waals surface area (Å²) in [6.07, 6.45) is -6.96. The summed E-state index contributed by atoms with van der Waals surface area (Å²) in [4.78, 5) is 15.7. The summed E-state index contributed by atoms with van der Waals surface area (Å²) < 4.78 is 5.12. The number of carbonyl (C=O) groups is 1. The molecule has 0 amide bonds. The van der Waals surface area contributed by atoms with Gasteiger partial charge in [-0.05, 0) is 17.7 Å². The van der Waals surface area contributed by atoms with E-state index in [4.69, 9.17) is 14.7 Å². The van der Waals surface area contributed by atoms with Crippen molar-refractivity contribution in [2.75, 3.05) is 12.1 Å². The summed E-state index contributed by atoms with van der Waals surface area (Å²) in [5, 5.41) is 48.6. The van der Waals surface area contributed by atoms with Crippen molar-refractivity contribution < 1.29 is 69.5 Å². The second-order valence-electron chi connectivity index (χ2n) is 4.78. The molecule has 5 N–H and O–H groups in total. The average molecular weight is 337 g/mol. The van der Waals surface area contributed by atoms with E-state index in [0.717, 1.165) is 0 Å². The number of benzene rings is 1. The summed E-state index contributed by atoms with van der Waals surface area (Å²) in [6, 6.07) is 5.37. The monoisotopic (exact) mass is 337 g/mol. The number of carboxylic acid groups (broad SMARTS) is 1. The molecule has 1 aromatic carbocycles. The van der Waals surface area contributed by atoms with Crippen molar-refractivity contribution in [2.45, 2.75) is 30.7 Å². The number of aliphatic hydroxyl groups is 4. The third kappa shape index (κ3) is 4.86. The molecule has 5 atom stereocenters. The van der Waals surface area contributed by atoms with Gasteiger partial charge in [0.25, 0.3) is 0 Å². The Balaban J connectivity index is 0.00000264. The first-order valence-corrected chi connectivity index (χ1v) is 6.47. The number of hydrogen-bond donors (Lipinski definition) is 5. The predicted molar refractivity (Wildman–Crippen MR) is 69.2 cm³/mol. The van der Waals surface area contributed by atoms with Crippen LogP contribution in [0.1, 0.15) is 10.4 Å². The molecule has 1 fully saturated rings. The summed E-state index contributed by atoms with van der Waals surface area (Å²) in [6.45, 7) is -0.564. The standard InChI is InChI=1S/C13H17NO8.Na/c15-5-8-9(16)10(17)11(18)13(21-8)22-14-7-3-1-6(2-4-7)12(19)20;/h1-4,8-11,13-18H,5H2,(H,19,20);/q;+1/p-1/t8-,9+,10+,11-,13?;/m1./s1. The fraction of sp³-hybridized carbons (Fsp3) is 0.462. The van der Waals surface area contributed by atoms with E-state index in [1.807, 2.05) is 0 Å². The molecule has 9 nitrogen and oxygen atoms in total. The molecule has 1 saturated heterocycles. The van der Waals surface area contributed by atoms with Gasteiger partial charge in [-0.1, -0.05) is 12.1 Å². The van der Waals surface area contributed by atoms with Crippen molar-refractivity contribution in [3.05, 3.63) is 29.8 Å². The SMILES string of the molecule is O=C([O-])c1ccc(NOC2O[C@H](CO)[C@H](O)[C@H](O)[C@H]2O)cc1.[Na+]. The molecule has 2 rings (SSSR count). The summed E-state index contributed by atoms with van der Waals surface area (Å²) in [5.74, 6) is -1.32. The zero-order chi connectivity index (χ0) is 16.3. The summed E-state index contributed by atoms with van der Waals surface area (Å²) in [5.41, 5.74) is 2.77. The Bertz CT molecular complexity index is 511. The van der Waals surface area contributed by atoms with Gasteiger partial charge in [0.2, 0.25) is 6.29 Å². The maximum absolute atomic E-state index is 10.6. The molecule has 0 spiro atoms.